The lowest BCUT2D eigenvalue weighted by atomic mass is 9.97. The molecule has 0 bridgehead atoms. The predicted molar refractivity (Wildman–Crippen MR) is 61.8 cm³/mol. The first-order valence-corrected chi connectivity index (χ1v) is 5.07. The quantitative estimate of drug-likeness (QED) is 0.825. The van der Waals surface area contributed by atoms with E-state index in [1.807, 2.05) is 19.1 Å². The van der Waals surface area contributed by atoms with Gasteiger partial charge in [-0.2, -0.15) is 0 Å². The highest BCUT2D eigenvalue weighted by Gasteiger charge is 2.14. The molecule has 0 aliphatic heterocycles. The molecule has 84 valence electrons. The fourth-order valence-electron chi connectivity index (χ4n) is 1.70. The van der Waals surface area contributed by atoms with Crippen LogP contribution in [0.4, 0.5) is 0 Å². The molecule has 0 saturated heterocycles. The zero-order valence-corrected chi connectivity index (χ0v) is 9.83. The van der Waals surface area contributed by atoms with Crippen molar-refractivity contribution in [1.82, 2.24) is 0 Å². The summed E-state index contributed by atoms with van der Waals surface area (Å²) < 4.78 is 10.7. The van der Waals surface area contributed by atoms with Crippen molar-refractivity contribution in [1.29, 1.82) is 0 Å². The number of hydrogen-bond donors (Lipinski definition) is 1. The Labute approximate surface area is 91.2 Å². The van der Waals surface area contributed by atoms with Gasteiger partial charge in [-0.05, 0) is 31.0 Å². The van der Waals surface area contributed by atoms with Crippen LogP contribution in [0.25, 0.3) is 0 Å². The summed E-state index contributed by atoms with van der Waals surface area (Å²) >= 11 is 0. The minimum atomic E-state index is 0.296. The average Bonchev–Trinajstić information content (AvgIpc) is 2.27. The van der Waals surface area contributed by atoms with E-state index >= 15 is 0 Å². The van der Waals surface area contributed by atoms with E-state index in [1.165, 1.54) is 0 Å². The summed E-state index contributed by atoms with van der Waals surface area (Å²) in [5.74, 6) is 2.02. The summed E-state index contributed by atoms with van der Waals surface area (Å²) in [5.41, 5.74) is 7.82. The molecule has 0 spiro atoms. The monoisotopic (exact) mass is 209 g/mol. The minimum Gasteiger partial charge on any atom is -0.496 e. The molecule has 1 aromatic rings. The van der Waals surface area contributed by atoms with Gasteiger partial charge in [0.05, 0.1) is 14.2 Å². The van der Waals surface area contributed by atoms with Gasteiger partial charge in [-0.15, -0.1) is 0 Å². The average molecular weight is 209 g/mol. The van der Waals surface area contributed by atoms with Gasteiger partial charge in [0.15, 0.2) is 0 Å². The molecule has 0 aliphatic rings. The van der Waals surface area contributed by atoms with Crippen LogP contribution in [0.15, 0.2) is 12.1 Å². The van der Waals surface area contributed by atoms with Gasteiger partial charge < -0.3 is 15.2 Å². The van der Waals surface area contributed by atoms with Gasteiger partial charge in [-0.25, -0.2) is 0 Å². The van der Waals surface area contributed by atoms with Crippen molar-refractivity contribution >= 4 is 0 Å². The molecule has 0 fully saturated rings. The van der Waals surface area contributed by atoms with Crippen molar-refractivity contribution in [2.75, 3.05) is 20.8 Å². The topological polar surface area (TPSA) is 44.5 Å². The lowest BCUT2D eigenvalue weighted by Crippen LogP contribution is -2.10. The summed E-state index contributed by atoms with van der Waals surface area (Å²) in [6, 6.07) is 3.97. The molecule has 15 heavy (non-hydrogen) atoms. The Morgan fingerprint density at radius 3 is 2.40 bits per heavy atom. The zero-order chi connectivity index (χ0) is 11.4. The van der Waals surface area contributed by atoms with Crippen LogP contribution >= 0.6 is 0 Å². The third-order valence-electron chi connectivity index (χ3n) is 2.70. The van der Waals surface area contributed by atoms with Crippen molar-refractivity contribution in [3.63, 3.8) is 0 Å². The Balaban J connectivity index is 3.24. The number of hydrogen-bond acceptors (Lipinski definition) is 3. The molecule has 2 N–H and O–H groups in total. The maximum absolute atomic E-state index is 5.66. The molecule has 1 atom stereocenters. The lowest BCUT2D eigenvalue weighted by Gasteiger charge is -2.17. The molecule has 1 rings (SSSR count). The molecule has 0 heterocycles. The van der Waals surface area contributed by atoms with Gasteiger partial charge in [-0.3, -0.25) is 0 Å². The maximum atomic E-state index is 5.66. The molecule has 0 aliphatic carbocycles. The molecule has 0 radical (unpaired) electrons. The van der Waals surface area contributed by atoms with Gasteiger partial charge in [0.2, 0.25) is 0 Å². The largest absolute Gasteiger partial charge is 0.496 e. The minimum absolute atomic E-state index is 0.296. The number of ether oxygens (including phenoxy) is 2. The Bertz CT molecular complexity index is 337. The fraction of sp³-hybridized carbons (Fsp3) is 0.500. The fourth-order valence-corrected chi connectivity index (χ4v) is 1.70. The van der Waals surface area contributed by atoms with E-state index in [0.29, 0.717) is 12.5 Å². The first-order chi connectivity index (χ1) is 7.15. The van der Waals surface area contributed by atoms with Crippen molar-refractivity contribution in [2.24, 2.45) is 5.73 Å². The SMILES string of the molecule is COc1ccc(C(C)CN)c(OC)c1C. The van der Waals surface area contributed by atoms with Gasteiger partial charge in [0.1, 0.15) is 11.5 Å². The van der Waals surface area contributed by atoms with E-state index < -0.39 is 0 Å². The Hall–Kier alpha value is -1.22. The smallest absolute Gasteiger partial charge is 0.128 e. The zero-order valence-electron chi connectivity index (χ0n) is 9.83. The van der Waals surface area contributed by atoms with E-state index in [2.05, 4.69) is 6.92 Å². The Morgan fingerprint density at radius 1 is 1.27 bits per heavy atom. The van der Waals surface area contributed by atoms with E-state index in [4.69, 9.17) is 15.2 Å². The normalized spacial score (nSPS) is 12.3. The van der Waals surface area contributed by atoms with Gasteiger partial charge >= 0.3 is 0 Å². The molecular weight excluding hydrogens is 190 g/mol. The maximum Gasteiger partial charge on any atom is 0.128 e. The van der Waals surface area contributed by atoms with Gasteiger partial charge in [0, 0.05) is 5.56 Å². The summed E-state index contributed by atoms with van der Waals surface area (Å²) in [4.78, 5) is 0. The second kappa shape index (κ2) is 5.03. The van der Waals surface area contributed by atoms with E-state index in [0.717, 1.165) is 22.6 Å². The Morgan fingerprint density at radius 2 is 1.93 bits per heavy atom. The van der Waals surface area contributed by atoms with Gasteiger partial charge in [-0.1, -0.05) is 13.0 Å². The highest BCUT2D eigenvalue weighted by molar-refractivity contribution is 5.50. The highest BCUT2D eigenvalue weighted by Crippen LogP contribution is 2.34. The first-order valence-electron chi connectivity index (χ1n) is 5.07. The van der Waals surface area contributed by atoms with Gasteiger partial charge in [0.25, 0.3) is 0 Å². The number of methoxy groups -OCH3 is 2. The molecule has 0 saturated carbocycles. The van der Waals surface area contributed by atoms with Crippen LogP contribution in [0.5, 0.6) is 11.5 Å². The Kier molecular flexibility index (Phi) is 3.97. The van der Waals surface area contributed by atoms with E-state index in [1.54, 1.807) is 14.2 Å². The van der Waals surface area contributed by atoms with E-state index in [9.17, 15) is 0 Å². The number of benzene rings is 1. The molecule has 1 aromatic carbocycles. The second-order valence-electron chi connectivity index (χ2n) is 3.65. The summed E-state index contributed by atoms with van der Waals surface area (Å²) in [6.07, 6.45) is 0. The molecular formula is C12H19NO2. The molecule has 0 aromatic heterocycles. The molecule has 3 nitrogen and oxygen atoms in total. The summed E-state index contributed by atoms with van der Waals surface area (Å²) in [6.45, 7) is 4.69. The standard InChI is InChI=1S/C12H19NO2/c1-8(7-13)10-5-6-11(14-3)9(2)12(10)15-4/h5-6,8H,7,13H2,1-4H3. The van der Waals surface area contributed by atoms with Crippen LogP contribution in [-0.4, -0.2) is 20.8 Å². The van der Waals surface area contributed by atoms with Crippen LogP contribution < -0.4 is 15.2 Å². The van der Waals surface area contributed by atoms with Crippen LogP contribution in [0, 0.1) is 6.92 Å². The summed E-state index contributed by atoms with van der Waals surface area (Å²) in [7, 11) is 3.34. The summed E-state index contributed by atoms with van der Waals surface area (Å²) in [5, 5.41) is 0. The third-order valence-corrected chi connectivity index (χ3v) is 2.70. The van der Waals surface area contributed by atoms with Crippen molar-refractivity contribution in [3.05, 3.63) is 23.3 Å². The van der Waals surface area contributed by atoms with Crippen LogP contribution in [0.2, 0.25) is 0 Å². The van der Waals surface area contributed by atoms with E-state index in [-0.39, 0.29) is 0 Å². The highest BCUT2D eigenvalue weighted by atomic mass is 16.5. The third kappa shape index (κ3) is 2.23. The lowest BCUT2D eigenvalue weighted by molar-refractivity contribution is 0.383. The molecule has 1 unspecified atom stereocenters. The predicted octanol–water partition coefficient (Wildman–Crippen LogP) is 2.07. The van der Waals surface area contributed by atoms with Crippen molar-refractivity contribution in [2.45, 2.75) is 19.8 Å². The number of nitrogens with two attached hydrogens (primary N) is 1. The van der Waals surface area contributed by atoms with Crippen LogP contribution in [-0.2, 0) is 0 Å². The first kappa shape index (κ1) is 11.9. The van der Waals surface area contributed by atoms with Crippen LogP contribution in [0.1, 0.15) is 24.0 Å². The second-order valence-corrected chi connectivity index (χ2v) is 3.65. The van der Waals surface area contributed by atoms with Crippen LogP contribution in [0.3, 0.4) is 0 Å². The van der Waals surface area contributed by atoms with Crippen molar-refractivity contribution in [3.8, 4) is 11.5 Å². The number of rotatable bonds is 4. The molecule has 3 heteroatoms. The van der Waals surface area contributed by atoms with Crippen molar-refractivity contribution < 1.29 is 9.47 Å². The molecule has 0 amide bonds.